The number of hydrogen-bond acceptors (Lipinski definition) is 3. The first-order valence-electron chi connectivity index (χ1n) is 8.86. The quantitative estimate of drug-likeness (QED) is 0.470. The molecule has 3 aromatic carbocycles. The zero-order valence-electron chi connectivity index (χ0n) is 15.4. The summed E-state index contributed by atoms with van der Waals surface area (Å²) in [4.78, 5) is 17.0. The molecule has 0 saturated carbocycles. The molecular weight excluding hydrogens is 391 g/mol. The van der Waals surface area contributed by atoms with E-state index in [0.717, 1.165) is 11.1 Å². The van der Waals surface area contributed by atoms with Crippen LogP contribution >= 0.6 is 11.6 Å². The van der Waals surface area contributed by atoms with E-state index in [4.69, 9.17) is 11.6 Å². The number of nitrogens with one attached hydrogen (secondary N) is 2. The zero-order valence-corrected chi connectivity index (χ0v) is 16.2. The van der Waals surface area contributed by atoms with Crippen LogP contribution in [0.3, 0.4) is 0 Å². The van der Waals surface area contributed by atoms with E-state index in [1.807, 2.05) is 25.1 Å². The van der Waals surface area contributed by atoms with Crippen molar-refractivity contribution in [2.75, 3.05) is 5.32 Å². The van der Waals surface area contributed by atoms with Gasteiger partial charge < -0.3 is 5.32 Å². The van der Waals surface area contributed by atoms with Crippen molar-refractivity contribution in [1.29, 1.82) is 0 Å². The number of aryl methyl sites for hydroxylation is 1. The maximum Gasteiger partial charge on any atom is 0.255 e. The number of aromatic amines is 1. The van der Waals surface area contributed by atoms with E-state index in [1.165, 1.54) is 12.1 Å². The van der Waals surface area contributed by atoms with E-state index >= 15 is 0 Å². The van der Waals surface area contributed by atoms with Crippen molar-refractivity contribution in [3.8, 4) is 22.8 Å². The third-order valence-electron chi connectivity index (χ3n) is 4.43. The van der Waals surface area contributed by atoms with Crippen molar-refractivity contribution >= 4 is 23.2 Å². The van der Waals surface area contributed by atoms with Crippen LogP contribution in [0.5, 0.6) is 0 Å². The lowest BCUT2D eigenvalue weighted by atomic mass is 10.1. The lowest BCUT2D eigenvalue weighted by Gasteiger charge is -2.09. The summed E-state index contributed by atoms with van der Waals surface area (Å²) < 4.78 is 13.1. The molecule has 7 heteroatoms. The van der Waals surface area contributed by atoms with Gasteiger partial charge in [0, 0.05) is 27.4 Å². The second kappa shape index (κ2) is 7.85. The standard InChI is InChI=1S/C22H16ClFN4O/c1-13-5-10-18(25-22(29)15-3-2-4-16(23)11-15)12-19(13)21-26-20(27-28-21)14-6-8-17(24)9-7-14/h2-12H,1H3,(H,25,29)(H,26,27,28). The first-order chi connectivity index (χ1) is 14.0. The molecule has 1 amide bonds. The average Bonchev–Trinajstić information content (AvgIpc) is 3.20. The second-order valence-corrected chi connectivity index (χ2v) is 6.95. The van der Waals surface area contributed by atoms with Gasteiger partial charge >= 0.3 is 0 Å². The highest BCUT2D eigenvalue weighted by Gasteiger charge is 2.13. The Kier molecular flexibility index (Phi) is 5.10. The van der Waals surface area contributed by atoms with Crippen molar-refractivity contribution in [3.05, 3.63) is 88.7 Å². The summed E-state index contributed by atoms with van der Waals surface area (Å²) in [5, 5.41) is 10.5. The molecule has 29 heavy (non-hydrogen) atoms. The molecule has 4 rings (SSSR count). The summed E-state index contributed by atoms with van der Waals surface area (Å²) in [6.45, 7) is 1.94. The van der Waals surface area contributed by atoms with Gasteiger partial charge in [-0.25, -0.2) is 9.37 Å². The Balaban J connectivity index is 1.60. The number of rotatable bonds is 4. The van der Waals surface area contributed by atoms with Crippen molar-refractivity contribution in [1.82, 2.24) is 15.2 Å². The van der Waals surface area contributed by atoms with Crippen LogP contribution in [0.15, 0.2) is 66.7 Å². The van der Waals surface area contributed by atoms with Crippen molar-refractivity contribution < 1.29 is 9.18 Å². The predicted molar refractivity (Wildman–Crippen MR) is 111 cm³/mol. The Morgan fingerprint density at radius 3 is 2.62 bits per heavy atom. The third-order valence-corrected chi connectivity index (χ3v) is 4.66. The fourth-order valence-corrected chi connectivity index (χ4v) is 3.09. The third kappa shape index (κ3) is 4.17. The summed E-state index contributed by atoms with van der Waals surface area (Å²) in [5.74, 6) is 0.448. The van der Waals surface area contributed by atoms with Gasteiger partial charge in [0.2, 0.25) is 0 Å². The van der Waals surface area contributed by atoms with Crippen LogP contribution in [0.1, 0.15) is 15.9 Å². The number of H-pyrrole nitrogens is 1. The number of carbonyl (C=O) groups is 1. The lowest BCUT2D eigenvalue weighted by molar-refractivity contribution is 0.102. The van der Waals surface area contributed by atoms with E-state index in [-0.39, 0.29) is 11.7 Å². The number of carbonyl (C=O) groups excluding carboxylic acids is 1. The van der Waals surface area contributed by atoms with Crippen LogP contribution in [-0.2, 0) is 0 Å². The van der Waals surface area contributed by atoms with Gasteiger partial charge in [-0.2, -0.15) is 5.10 Å². The lowest BCUT2D eigenvalue weighted by Crippen LogP contribution is -2.11. The normalized spacial score (nSPS) is 10.7. The average molecular weight is 407 g/mol. The molecule has 0 unspecified atom stereocenters. The maximum atomic E-state index is 13.1. The molecule has 2 N–H and O–H groups in total. The number of aromatic nitrogens is 3. The smallest absolute Gasteiger partial charge is 0.255 e. The van der Waals surface area contributed by atoms with E-state index in [2.05, 4.69) is 20.5 Å². The minimum absolute atomic E-state index is 0.258. The molecule has 0 aliphatic rings. The number of halogens is 2. The molecule has 4 aromatic rings. The minimum atomic E-state index is -0.316. The number of hydrogen-bond donors (Lipinski definition) is 2. The Labute approximate surface area is 171 Å². The fourth-order valence-electron chi connectivity index (χ4n) is 2.90. The maximum absolute atomic E-state index is 13.1. The van der Waals surface area contributed by atoms with Crippen molar-refractivity contribution in [3.63, 3.8) is 0 Å². The molecule has 0 saturated heterocycles. The van der Waals surface area contributed by atoms with Gasteiger partial charge in [-0.15, -0.1) is 0 Å². The number of amides is 1. The van der Waals surface area contributed by atoms with E-state index in [0.29, 0.717) is 33.5 Å². The molecular formula is C22H16ClFN4O. The van der Waals surface area contributed by atoms with Gasteiger partial charge in [0.1, 0.15) is 5.82 Å². The highest BCUT2D eigenvalue weighted by atomic mass is 35.5. The molecule has 1 aromatic heterocycles. The molecule has 0 spiro atoms. The van der Waals surface area contributed by atoms with Crippen LogP contribution < -0.4 is 5.32 Å². The molecule has 0 bridgehead atoms. The van der Waals surface area contributed by atoms with E-state index in [1.54, 1.807) is 36.4 Å². The number of anilines is 1. The zero-order chi connectivity index (χ0) is 20.4. The van der Waals surface area contributed by atoms with Crippen molar-refractivity contribution in [2.45, 2.75) is 6.92 Å². The SMILES string of the molecule is Cc1ccc(NC(=O)c2cccc(Cl)c2)cc1-c1nc(-c2ccc(F)cc2)n[nH]1. The number of nitrogens with zero attached hydrogens (tertiary/aromatic N) is 2. The predicted octanol–water partition coefficient (Wildman–Crippen LogP) is 5.49. The molecule has 0 aliphatic carbocycles. The molecule has 0 radical (unpaired) electrons. The van der Waals surface area contributed by atoms with Gasteiger partial charge in [-0.3, -0.25) is 9.89 Å². The highest BCUT2D eigenvalue weighted by Crippen LogP contribution is 2.26. The summed E-state index contributed by atoms with van der Waals surface area (Å²) >= 11 is 5.96. The van der Waals surface area contributed by atoms with Crippen LogP contribution in [0.2, 0.25) is 5.02 Å². The monoisotopic (exact) mass is 406 g/mol. The van der Waals surface area contributed by atoms with Gasteiger partial charge in [0.05, 0.1) is 0 Å². The molecule has 5 nitrogen and oxygen atoms in total. The van der Waals surface area contributed by atoms with E-state index in [9.17, 15) is 9.18 Å². The molecule has 0 aliphatic heterocycles. The van der Waals surface area contributed by atoms with Crippen molar-refractivity contribution in [2.24, 2.45) is 0 Å². The highest BCUT2D eigenvalue weighted by molar-refractivity contribution is 6.31. The Morgan fingerprint density at radius 2 is 1.86 bits per heavy atom. The first kappa shape index (κ1) is 18.8. The van der Waals surface area contributed by atoms with Crippen LogP contribution in [-0.4, -0.2) is 21.1 Å². The molecule has 0 fully saturated rings. The van der Waals surface area contributed by atoms with Gasteiger partial charge in [0.15, 0.2) is 11.6 Å². The second-order valence-electron chi connectivity index (χ2n) is 6.51. The van der Waals surface area contributed by atoms with Crippen LogP contribution in [0.4, 0.5) is 10.1 Å². The fraction of sp³-hybridized carbons (Fsp3) is 0.0455. The van der Waals surface area contributed by atoms with E-state index < -0.39 is 0 Å². The number of benzene rings is 3. The van der Waals surface area contributed by atoms with Crippen LogP contribution in [0, 0.1) is 12.7 Å². The van der Waals surface area contributed by atoms with Gasteiger partial charge in [-0.05, 0) is 67.1 Å². The molecule has 1 heterocycles. The Hall–Kier alpha value is -3.51. The summed E-state index contributed by atoms with van der Waals surface area (Å²) in [7, 11) is 0. The molecule has 0 atom stereocenters. The largest absolute Gasteiger partial charge is 0.322 e. The summed E-state index contributed by atoms with van der Waals surface area (Å²) in [6, 6.07) is 18.3. The Bertz CT molecular complexity index is 1190. The van der Waals surface area contributed by atoms with Gasteiger partial charge in [-0.1, -0.05) is 23.7 Å². The first-order valence-corrected chi connectivity index (χ1v) is 9.24. The minimum Gasteiger partial charge on any atom is -0.322 e. The summed E-state index contributed by atoms with van der Waals surface area (Å²) in [6.07, 6.45) is 0. The van der Waals surface area contributed by atoms with Crippen LogP contribution in [0.25, 0.3) is 22.8 Å². The topological polar surface area (TPSA) is 70.7 Å². The molecule has 144 valence electrons. The van der Waals surface area contributed by atoms with Gasteiger partial charge in [0.25, 0.3) is 5.91 Å². The Morgan fingerprint density at radius 1 is 1.07 bits per heavy atom. The summed E-state index contributed by atoms with van der Waals surface area (Å²) in [5.41, 5.74) is 3.56.